The Morgan fingerprint density at radius 2 is 1.93 bits per heavy atom. The van der Waals surface area contributed by atoms with Gasteiger partial charge in [0.2, 0.25) is 0 Å². The molecule has 0 saturated carbocycles. The standard InChI is InChI=1S/C22H31N5S/c1-3-23-22(25-17-18(2)28-20-9-5-4-6-10-20)26-19-12-15-27(16-13-19)21-11-7-8-14-24-21/h4-11,14,18-19H,3,12-13,15-17H2,1-2H3,(H2,23,25,26). The quantitative estimate of drug-likeness (QED) is 0.423. The van der Waals surface area contributed by atoms with Crippen LogP contribution in [0, 0.1) is 0 Å². The van der Waals surface area contributed by atoms with Gasteiger partial charge >= 0.3 is 0 Å². The molecule has 0 amide bonds. The van der Waals surface area contributed by atoms with E-state index in [-0.39, 0.29) is 0 Å². The number of nitrogens with one attached hydrogen (secondary N) is 2. The molecule has 2 N–H and O–H groups in total. The highest BCUT2D eigenvalue weighted by atomic mass is 32.2. The Labute approximate surface area is 173 Å². The average Bonchev–Trinajstić information content (AvgIpc) is 2.74. The van der Waals surface area contributed by atoms with Crippen LogP contribution in [0.2, 0.25) is 0 Å². The molecule has 28 heavy (non-hydrogen) atoms. The van der Waals surface area contributed by atoms with Crippen molar-refractivity contribution in [3.05, 3.63) is 54.7 Å². The molecule has 2 heterocycles. The summed E-state index contributed by atoms with van der Waals surface area (Å²) in [6.45, 7) is 8.06. The Bertz CT molecular complexity index is 714. The molecule has 3 rings (SSSR count). The highest BCUT2D eigenvalue weighted by molar-refractivity contribution is 8.00. The van der Waals surface area contributed by atoms with E-state index in [1.54, 1.807) is 0 Å². The van der Waals surface area contributed by atoms with Crippen LogP contribution in [0.15, 0.2) is 64.6 Å². The summed E-state index contributed by atoms with van der Waals surface area (Å²) in [5.74, 6) is 2.01. The molecule has 1 saturated heterocycles. The fourth-order valence-corrected chi connectivity index (χ4v) is 4.22. The van der Waals surface area contributed by atoms with Crippen molar-refractivity contribution in [3.63, 3.8) is 0 Å². The first kappa shape index (κ1) is 20.5. The van der Waals surface area contributed by atoms with Gasteiger partial charge in [0.15, 0.2) is 5.96 Å². The number of thioether (sulfide) groups is 1. The summed E-state index contributed by atoms with van der Waals surface area (Å²) in [6, 6.07) is 17.1. The van der Waals surface area contributed by atoms with Crippen molar-refractivity contribution < 1.29 is 0 Å². The average molecular weight is 398 g/mol. The third-order valence-electron chi connectivity index (χ3n) is 4.74. The highest BCUT2D eigenvalue weighted by Crippen LogP contribution is 2.22. The molecular formula is C22H31N5S. The van der Waals surface area contributed by atoms with Crippen molar-refractivity contribution in [1.29, 1.82) is 0 Å². The number of aromatic nitrogens is 1. The van der Waals surface area contributed by atoms with Crippen LogP contribution in [0.3, 0.4) is 0 Å². The van der Waals surface area contributed by atoms with E-state index in [1.165, 1.54) is 4.90 Å². The van der Waals surface area contributed by atoms with Crippen molar-refractivity contribution >= 4 is 23.5 Å². The number of piperidine rings is 1. The number of anilines is 1. The van der Waals surface area contributed by atoms with Crippen LogP contribution in [0.4, 0.5) is 5.82 Å². The van der Waals surface area contributed by atoms with Crippen LogP contribution in [0.25, 0.3) is 0 Å². The number of guanidine groups is 1. The molecule has 1 unspecified atom stereocenters. The Kier molecular flexibility index (Phi) is 8.03. The Balaban J connectivity index is 1.48. The van der Waals surface area contributed by atoms with Gasteiger partial charge in [-0.15, -0.1) is 11.8 Å². The lowest BCUT2D eigenvalue weighted by Crippen LogP contribution is -2.49. The van der Waals surface area contributed by atoms with Gasteiger partial charge in [-0.3, -0.25) is 4.99 Å². The SMILES string of the molecule is CCNC(=NCC(C)Sc1ccccc1)NC1CCN(c2ccccn2)CC1. The number of benzene rings is 1. The van der Waals surface area contributed by atoms with Crippen molar-refractivity contribution in [2.75, 3.05) is 31.1 Å². The second kappa shape index (κ2) is 11.0. The molecule has 0 bridgehead atoms. The molecule has 1 aliphatic heterocycles. The van der Waals surface area contributed by atoms with Crippen molar-refractivity contribution in [3.8, 4) is 0 Å². The Morgan fingerprint density at radius 3 is 2.61 bits per heavy atom. The van der Waals surface area contributed by atoms with Crippen LogP contribution in [-0.4, -0.2) is 48.4 Å². The van der Waals surface area contributed by atoms with Crippen LogP contribution in [0.5, 0.6) is 0 Å². The van der Waals surface area contributed by atoms with Crippen molar-refractivity contribution in [2.24, 2.45) is 4.99 Å². The fraction of sp³-hybridized carbons (Fsp3) is 0.455. The van der Waals surface area contributed by atoms with E-state index < -0.39 is 0 Å². The molecule has 1 atom stereocenters. The number of aliphatic imine (C=N–C) groups is 1. The molecule has 5 nitrogen and oxygen atoms in total. The van der Waals surface area contributed by atoms with Gasteiger partial charge in [0.1, 0.15) is 5.82 Å². The third-order valence-corrected chi connectivity index (χ3v) is 5.84. The minimum atomic E-state index is 0.434. The van der Waals surface area contributed by atoms with Gasteiger partial charge in [-0.25, -0.2) is 4.98 Å². The molecular weight excluding hydrogens is 366 g/mol. The predicted molar refractivity (Wildman–Crippen MR) is 120 cm³/mol. The maximum atomic E-state index is 4.83. The minimum Gasteiger partial charge on any atom is -0.357 e. The van der Waals surface area contributed by atoms with Gasteiger partial charge in [0.05, 0.1) is 6.54 Å². The minimum absolute atomic E-state index is 0.434. The first-order valence-electron chi connectivity index (χ1n) is 10.2. The number of nitrogens with zero attached hydrogens (tertiary/aromatic N) is 3. The van der Waals surface area contributed by atoms with E-state index in [9.17, 15) is 0 Å². The predicted octanol–water partition coefficient (Wildman–Crippen LogP) is 3.79. The van der Waals surface area contributed by atoms with E-state index in [4.69, 9.17) is 4.99 Å². The highest BCUT2D eigenvalue weighted by Gasteiger charge is 2.20. The summed E-state index contributed by atoms with van der Waals surface area (Å²) in [5, 5.41) is 7.46. The number of pyridine rings is 1. The maximum absolute atomic E-state index is 4.83. The summed E-state index contributed by atoms with van der Waals surface area (Å²) in [7, 11) is 0. The largest absolute Gasteiger partial charge is 0.357 e. The summed E-state index contributed by atoms with van der Waals surface area (Å²) < 4.78 is 0. The van der Waals surface area contributed by atoms with Crippen LogP contribution in [0.1, 0.15) is 26.7 Å². The summed E-state index contributed by atoms with van der Waals surface area (Å²) >= 11 is 1.87. The first-order chi connectivity index (χ1) is 13.7. The normalized spacial score (nSPS) is 16.6. The second-order valence-corrected chi connectivity index (χ2v) is 8.57. The summed E-state index contributed by atoms with van der Waals surface area (Å²) in [5.41, 5.74) is 0. The fourth-order valence-electron chi connectivity index (χ4n) is 3.30. The van der Waals surface area contributed by atoms with E-state index in [2.05, 4.69) is 76.8 Å². The van der Waals surface area contributed by atoms with Gasteiger partial charge in [-0.05, 0) is 44.0 Å². The van der Waals surface area contributed by atoms with Crippen LogP contribution >= 0.6 is 11.8 Å². The lowest BCUT2D eigenvalue weighted by molar-refractivity contribution is 0.459. The molecule has 1 fully saturated rings. The number of rotatable bonds is 7. The zero-order chi connectivity index (χ0) is 19.6. The molecule has 1 aromatic heterocycles. The molecule has 1 aromatic carbocycles. The number of hydrogen-bond donors (Lipinski definition) is 2. The first-order valence-corrected chi connectivity index (χ1v) is 11.0. The van der Waals surface area contributed by atoms with Gasteiger partial charge < -0.3 is 15.5 Å². The molecule has 6 heteroatoms. The van der Waals surface area contributed by atoms with E-state index in [0.29, 0.717) is 11.3 Å². The van der Waals surface area contributed by atoms with Gasteiger partial charge in [0, 0.05) is 42.0 Å². The maximum Gasteiger partial charge on any atom is 0.191 e. The van der Waals surface area contributed by atoms with Crippen LogP contribution < -0.4 is 15.5 Å². The molecule has 0 radical (unpaired) electrons. The monoisotopic (exact) mass is 397 g/mol. The lowest BCUT2D eigenvalue weighted by Gasteiger charge is -2.33. The molecule has 0 spiro atoms. The Hall–Kier alpha value is -2.21. The second-order valence-electron chi connectivity index (χ2n) is 7.05. The smallest absolute Gasteiger partial charge is 0.191 e. The van der Waals surface area contributed by atoms with E-state index in [1.807, 2.05) is 24.0 Å². The van der Waals surface area contributed by atoms with Crippen LogP contribution in [-0.2, 0) is 0 Å². The summed E-state index contributed by atoms with van der Waals surface area (Å²) in [6.07, 6.45) is 4.05. The Morgan fingerprint density at radius 1 is 1.18 bits per heavy atom. The molecule has 2 aromatic rings. The van der Waals surface area contributed by atoms with E-state index >= 15 is 0 Å². The van der Waals surface area contributed by atoms with Gasteiger partial charge in [0.25, 0.3) is 0 Å². The molecule has 1 aliphatic rings. The zero-order valence-electron chi connectivity index (χ0n) is 16.8. The van der Waals surface area contributed by atoms with Crippen molar-refractivity contribution in [2.45, 2.75) is 42.9 Å². The van der Waals surface area contributed by atoms with Gasteiger partial charge in [-0.2, -0.15) is 0 Å². The summed E-state index contributed by atoms with van der Waals surface area (Å²) in [4.78, 5) is 13.0. The van der Waals surface area contributed by atoms with Gasteiger partial charge in [-0.1, -0.05) is 31.2 Å². The molecule has 0 aliphatic carbocycles. The molecule has 150 valence electrons. The van der Waals surface area contributed by atoms with E-state index in [0.717, 1.165) is 50.8 Å². The van der Waals surface area contributed by atoms with Crippen molar-refractivity contribution in [1.82, 2.24) is 15.6 Å². The third kappa shape index (κ3) is 6.44. The zero-order valence-corrected chi connectivity index (χ0v) is 17.7. The number of hydrogen-bond acceptors (Lipinski definition) is 4. The topological polar surface area (TPSA) is 52.6 Å². The lowest BCUT2D eigenvalue weighted by atomic mass is 10.1.